The molecule has 0 aliphatic carbocycles. The van der Waals surface area contributed by atoms with Gasteiger partial charge < -0.3 is 9.47 Å². The number of imidazole rings is 1. The van der Waals surface area contributed by atoms with Crippen LogP contribution in [0.5, 0.6) is 0 Å². The van der Waals surface area contributed by atoms with Crippen molar-refractivity contribution in [3.63, 3.8) is 0 Å². The molecule has 0 bridgehead atoms. The Morgan fingerprint density at radius 3 is 2.67 bits per heavy atom. The predicted molar refractivity (Wildman–Crippen MR) is 84.8 cm³/mol. The molecule has 128 valence electrons. The van der Waals surface area contributed by atoms with Gasteiger partial charge in [-0.05, 0) is 6.42 Å². The largest absolute Gasteiger partial charge is 0.339 e. The van der Waals surface area contributed by atoms with Gasteiger partial charge >= 0.3 is 0 Å². The maximum Gasteiger partial charge on any atom is 0.262 e. The van der Waals surface area contributed by atoms with E-state index >= 15 is 0 Å². The highest BCUT2D eigenvalue weighted by atomic mass is 32.2. The maximum atomic E-state index is 12.4. The van der Waals surface area contributed by atoms with Crippen LogP contribution >= 0.6 is 0 Å². The third-order valence-corrected chi connectivity index (χ3v) is 6.18. The fourth-order valence-electron chi connectivity index (χ4n) is 3.02. The average Bonchev–Trinajstić information content (AvgIpc) is 3.18. The maximum absolute atomic E-state index is 12.4. The summed E-state index contributed by atoms with van der Waals surface area (Å²) in [5.41, 5.74) is 0.781. The minimum atomic E-state index is -3.54. The number of carbonyl (C=O) groups excluding carboxylic acids is 1. The first-order chi connectivity index (χ1) is 11.4. The van der Waals surface area contributed by atoms with Gasteiger partial charge in [0.15, 0.2) is 5.03 Å². The molecule has 4 heterocycles. The van der Waals surface area contributed by atoms with Crippen molar-refractivity contribution in [1.29, 1.82) is 0 Å². The number of anilines is 1. The van der Waals surface area contributed by atoms with Gasteiger partial charge in [-0.2, -0.15) is 9.40 Å². The van der Waals surface area contributed by atoms with Gasteiger partial charge in [-0.3, -0.25) is 9.48 Å². The summed E-state index contributed by atoms with van der Waals surface area (Å²) in [4.78, 5) is 17.4. The lowest BCUT2D eigenvalue weighted by Gasteiger charge is -2.37. The number of carbonyl (C=O) groups is 1. The van der Waals surface area contributed by atoms with Gasteiger partial charge in [0.2, 0.25) is 5.91 Å². The molecule has 0 atom stereocenters. The zero-order chi connectivity index (χ0) is 16.9. The first-order valence-electron chi connectivity index (χ1n) is 7.78. The number of nitrogens with zero attached hydrogens (tertiary/aromatic N) is 6. The SMILES string of the molecule is Cn1cnc(S(=O)(=O)N2CC(n3cc(N4CCCC4=O)cn3)C2)c1. The van der Waals surface area contributed by atoms with Crippen LogP contribution in [-0.4, -0.2) is 57.6 Å². The van der Waals surface area contributed by atoms with Gasteiger partial charge in [0.05, 0.1) is 24.3 Å². The fraction of sp³-hybridized carbons (Fsp3) is 0.500. The van der Waals surface area contributed by atoms with E-state index in [-0.39, 0.29) is 17.0 Å². The number of hydrogen-bond acceptors (Lipinski definition) is 5. The molecule has 2 aliphatic rings. The lowest BCUT2D eigenvalue weighted by Crippen LogP contribution is -2.50. The molecule has 2 aromatic heterocycles. The highest BCUT2D eigenvalue weighted by Crippen LogP contribution is 2.29. The van der Waals surface area contributed by atoms with Crippen LogP contribution in [0.2, 0.25) is 0 Å². The zero-order valence-electron chi connectivity index (χ0n) is 13.2. The van der Waals surface area contributed by atoms with E-state index in [1.54, 1.807) is 27.4 Å². The Balaban J connectivity index is 1.44. The van der Waals surface area contributed by atoms with Crippen molar-refractivity contribution < 1.29 is 13.2 Å². The van der Waals surface area contributed by atoms with E-state index < -0.39 is 10.0 Å². The van der Waals surface area contributed by atoms with Crippen LogP contribution in [0.4, 0.5) is 5.69 Å². The summed E-state index contributed by atoms with van der Waals surface area (Å²) in [6, 6.07) is -0.0186. The van der Waals surface area contributed by atoms with Crippen molar-refractivity contribution in [1.82, 2.24) is 23.6 Å². The van der Waals surface area contributed by atoms with Gasteiger partial charge in [-0.25, -0.2) is 13.4 Å². The lowest BCUT2D eigenvalue weighted by molar-refractivity contribution is -0.117. The number of sulfonamides is 1. The summed E-state index contributed by atoms with van der Waals surface area (Å²) in [6.07, 6.45) is 7.89. The number of aromatic nitrogens is 4. The minimum Gasteiger partial charge on any atom is -0.339 e. The van der Waals surface area contributed by atoms with Crippen molar-refractivity contribution in [2.75, 3.05) is 24.5 Å². The van der Waals surface area contributed by atoms with Gasteiger partial charge in [-0.1, -0.05) is 0 Å². The molecular formula is C14H18N6O3S. The number of hydrogen-bond donors (Lipinski definition) is 0. The molecule has 2 fully saturated rings. The average molecular weight is 350 g/mol. The molecule has 4 rings (SSSR count). The van der Waals surface area contributed by atoms with Crippen LogP contribution < -0.4 is 4.90 Å². The highest BCUT2D eigenvalue weighted by Gasteiger charge is 2.39. The zero-order valence-corrected chi connectivity index (χ0v) is 14.1. The molecular weight excluding hydrogens is 332 g/mol. The smallest absolute Gasteiger partial charge is 0.262 e. The molecule has 2 aromatic rings. The van der Waals surface area contributed by atoms with E-state index in [0.29, 0.717) is 19.5 Å². The lowest BCUT2D eigenvalue weighted by atomic mass is 10.2. The Hall–Kier alpha value is -2.20. The summed E-state index contributed by atoms with van der Waals surface area (Å²) < 4.78 is 29.6. The molecule has 2 aliphatic heterocycles. The molecule has 0 N–H and O–H groups in total. The van der Waals surface area contributed by atoms with Crippen molar-refractivity contribution in [3.8, 4) is 0 Å². The van der Waals surface area contributed by atoms with E-state index in [1.807, 2.05) is 6.20 Å². The molecule has 24 heavy (non-hydrogen) atoms. The monoisotopic (exact) mass is 350 g/mol. The van der Waals surface area contributed by atoms with Gasteiger partial charge in [0.25, 0.3) is 10.0 Å². The highest BCUT2D eigenvalue weighted by molar-refractivity contribution is 7.89. The molecule has 0 radical (unpaired) electrons. The van der Waals surface area contributed by atoms with Crippen LogP contribution in [0.25, 0.3) is 0 Å². The Kier molecular flexibility index (Phi) is 3.46. The molecule has 0 spiro atoms. The Labute approximate surface area is 139 Å². The number of rotatable bonds is 4. The minimum absolute atomic E-state index is 0.0186. The first kappa shape index (κ1) is 15.3. The van der Waals surface area contributed by atoms with Gasteiger partial charge in [0, 0.05) is 45.5 Å². The third kappa shape index (κ3) is 2.42. The van der Waals surface area contributed by atoms with E-state index in [1.165, 1.54) is 16.8 Å². The van der Waals surface area contributed by atoms with Crippen molar-refractivity contribution in [2.45, 2.75) is 23.9 Å². The molecule has 1 amide bonds. The molecule has 0 saturated carbocycles. The quantitative estimate of drug-likeness (QED) is 0.773. The fourth-order valence-corrected chi connectivity index (χ4v) is 4.50. The van der Waals surface area contributed by atoms with E-state index in [4.69, 9.17) is 0 Å². The van der Waals surface area contributed by atoms with Gasteiger partial charge in [0.1, 0.15) is 0 Å². The van der Waals surface area contributed by atoms with Crippen LogP contribution in [0, 0.1) is 0 Å². The van der Waals surface area contributed by atoms with Crippen molar-refractivity contribution >= 4 is 21.6 Å². The summed E-state index contributed by atoms with van der Waals surface area (Å²) in [6.45, 7) is 1.43. The second kappa shape index (κ2) is 5.42. The standard InChI is InChI=1S/C14H18N6O3S/c1-17-9-13(15-10-17)24(22,23)18-6-12(7-18)20-8-11(5-16-20)19-4-2-3-14(19)21/h5,8-10,12H,2-4,6-7H2,1H3. The molecule has 2 saturated heterocycles. The van der Waals surface area contributed by atoms with Crippen LogP contribution in [0.3, 0.4) is 0 Å². The second-order valence-corrected chi connectivity index (χ2v) is 8.07. The Bertz CT molecular complexity index is 880. The van der Waals surface area contributed by atoms with Crippen LogP contribution in [0.1, 0.15) is 18.9 Å². The normalized spacial score (nSPS) is 19.9. The molecule has 0 aromatic carbocycles. The van der Waals surface area contributed by atoms with Gasteiger partial charge in [-0.15, -0.1) is 0 Å². The van der Waals surface area contributed by atoms with Crippen molar-refractivity contribution in [3.05, 3.63) is 24.9 Å². The number of aryl methyl sites for hydroxylation is 1. The predicted octanol–water partition coefficient (Wildman–Crippen LogP) is -0.0110. The molecule has 9 nitrogen and oxygen atoms in total. The van der Waals surface area contributed by atoms with E-state index in [0.717, 1.165) is 18.7 Å². The topological polar surface area (TPSA) is 93.3 Å². The summed E-state index contributed by atoms with van der Waals surface area (Å²) >= 11 is 0. The Morgan fingerprint density at radius 1 is 1.25 bits per heavy atom. The summed E-state index contributed by atoms with van der Waals surface area (Å²) in [5, 5.41) is 4.35. The molecule has 10 heteroatoms. The molecule has 0 unspecified atom stereocenters. The number of amides is 1. The Morgan fingerprint density at radius 2 is 2.04 bits per heavy atom. The van der Waals surface area contributed by atoms with E-state index in [9.17, 15) is 13.2 Å². The van der Waals surface area contributed by atoms with Crippen LogP contribution in [-0.2, 0) is 21.9 Å². The second-order valence-electron chi connectivity index (χ2n) is 6.18. The van der Waals surface area contributed by atoms with Crippen LogP contribution in [0.15, 0.2) is 29.9 Å². The van der Waals surface area contributed by atoms with Crippen molar-refractivity contribution in [2.24, 2.45) is 7.05 Å². The summed E-state index contributed by atoms with van der Waals surface area (Å²) in [7, 11) is -1.81. The first-order valence-corrected chi connectivity index (χ1v) is 9.22. The van der Waals surface area contributed by atoms with E-state index in [2.05, 4.69) is 10.1 Å². The summed E-state index contributed by atoms with van der Waals surface area (Å²) in [5.74, 6) is 0.113. The third-order valence-electron chi connectivity index (χ3n) is 4.46.